The molecule has 0 fully saturated rings. The van der Waals surface area contributed by atoms with E-state index in [9.17, 15) is 9.18 Å². The van der Waals surface area contributed by atoms with E-state index in [4.69, 9.17) is 16.7 Å². The monoisotopic (exact) mass is 246 g/mol. The molecule has 16 heavy (non-hydrogen) atoms. The van der Waals surface area contributed by atoms with Crippen molar-refractivity contribution in [2.75, 3.05) is 25.0 Å². The molecule has 6 heteroatoms. The summed E-state index contributed by atoms with van der Waals surface area (Å²) in [6.45, 7) is 0.392. The number of halogens is 2. The molecule has 1 rings (SSSR count). The molecule has 0 spiro atoms. The van der Waals surface area contributed by atoms with Crippen molar-refractivity contribution in [3.8, 4) is 0 Å². The number of aliphatic hydroxyl groups is 1. The van der Waals surface area contributed by atoms with Gasteiger partial charge in [0.15, 0.2) is 0 Å². The van der Waals surface area contributed by atoms with Crippen molar-refractivity contribution in [2.24, 2.45) is 0 Å². The normalized spacial score (nSPS) is 10.2. The molecule has 0 bridgehead atoms. The van der Waals surface area contributed by atoms with Gasteiger partial charge in [0, 0.05) is 12.2 Å². The SMILES string of the molecule is O=C(CNCCO)Nc1ccc(F)c(Cl)c1. The van der Waals surface area contributed by atoms with Gasteiger partial charge in [-0.3, -0.25) is 4.79 Å². The van der Waals surface area contributed by atoms with E-state index in [1.54, 1.807) is 0 Å². The highest BCUT2D eigenvalue weighted by Crippen LogP contribution is 2.18. The third kappa shape index (κ3) is 4.14. The van der Waals surface area contributed by atoms with Gasteiger partial charge in [-0.25, -0.2) is 4.39 Å². The lowest BCUT2D eigenvalue weighted by atomic mass is 10.3. The molecule has 1 amide bonds. The number of nitrogens with one attached hydrogen (secondary N) is 2. The van der Waals surface area contributed by atoms with Crippen LogP contribution < -0.4 is 10.6 Å². The Morgan fingerprint density at radius 1 is 1.50 bits per heavy atom. The van der Waals surface area contributed by atoms with Crippen LogP contribution in [0.1, 0.15) is 0 Å². The third-order valence-corrected chi connectivity index (χ3v) is 2.07. The van der Waals surface area contributed by atoms with E-state index >= 15 is 0 Å². The van der Waals surface area contributed by atoms with Crippen LogP contribution >= 0.6 is 11.6 Å². The minimum atomic E-state index is -0.530. The summed E-state index contributed by atoms with van der Waals surface area (Å²) in [5.41, 5.74) is 0.433. The molecule has 0 aliphatic carbocycles. The van der Waals surface area contributed by atoms with Gasteiger partial charge in [0.25, 0.3) is 0 Å². The molecule has 0 radical (unpaired) electrons. The van der Waals surface area contributed by atoms with E-state index in [0.717, 1.165) is 0 Å². The number of benzene rings is 1. The molecule has 0 unspecified atom stereocenters. The Morgan fingerprint density at radius 3 is 2.88 bits per heavy atom. The first-order chi connectivity index (χ1) is 7.63. The van der Waals surface area contributed by atoms with E-state index in [0.29, 0.717) is 12.2 Å². The largest absolute Gasteiger partial charge is 0.395 e. The smallest absolute Gasteiger partial charge is 0.238 e. The van der Waals surface area contributed by atoms with Gasteiger partial charge in [-0.1, -0.05) is 11.6 Å². The Hall–Kier alpha value is -1.17. The fourth-order valence-corrected chi connectivity index (χ4v) is 1.24. The van der Waals surface area contributed by atoms with Crippen LogP contribution in [-0.2, 0) is 4.79 Å². The van der Waals surface area contributed by atoms with Gasteiger partial charge in [0.05, 0.1) is 18.2 Å². The highest BCUT2D eigenvalue weighted by Gasteiger charge is 2.04. The number of hydrogen-bond donors (Lipinski definition) is 3. The van der Waals surface area contributed by atoms with E-state index in [1.807, 2.05) is 0 Å². The first-order valence-electron chi connectivity index (χ1n) is 4.70. The molecule has 3 N–H and O–H groups in total. The number of anilines is 1. The van der Waals surface area contributed by atoms with Crippen molar-refractivity contribution in [3.05, 3.63) is 29.0 Å². The second-order valence-electron chi connectivity index (χ2n) is 3.08. The second-order valence-corrected chi connectivity index (χ2v) is 3.48. The average molecular weight is 247 g/mol. The van der Waals surface area contributed by atoms with Crippen LogP contribution in [0.15, 0.2) is 18.2 Å². The summed E-state index contributed by atoms with van der Waals surface area (Å²) >= 11 is 5.55. The maximum Gasteiger partial charge on any atom is 0.238 e. The molecule has 0 aromatic heterocycles. The summed E-state index contributed by atoms with van der Waals surface area (Å²) in [4.78, 5) is 11.3. The van der Waals surface area contributed by atoms with Gasteiger partial charge in [-0.2, -0.15) is 0 Å². The van der Waals surface area contributed by atoms with E-state index in [1.165, 1.54) is 18.2 Å². The zero-order chi connectivity index (χ0) is 12.0. The number of aliphatic hydroxyl groups excluding tert-OH is 1. The van der Waals surface area contributed by atoms with Crippen LogP contribution in [0.4, 0.5) is 10.1 Å². The Bertz CT molecular complexity index is 374. The Balaban J connectivity index is 2.46. The summed E-state index contributed by atoms with van der Waals surface area (Å²) in [5.74, 6) is -0.811. The number of amides is 1. The zero-order valence-electron chi connectivity index (χ0n) is 8.46. The maximum atomic E-state index is 12.8. The maximum absolute atomic E-state index is 12.8. The minimum absolute atomic E-state index is 0.0321. The molecule has 0 saturated carbocycles. The van der Waals surface area contributed by atoms with Crippen LogP contribution in [0.25, 0.3) is 0 Å². The van der Waals surface area contributed by atoms with Crippen LogP contribution in [0.2, 0.25) is 5.02 Å². The Kier molecular flexibility index (Phi) is 5.18. The van der Waals surface area contributed by atoms with Crippen LogP contribution in [0.5, 0.6) is 0 Å². The summed E-state index contributed by atoms with van der Waals surface area (Å²) in [6.07, 6.45) is 0. The fourth-order valence-electron chi connectivity index (χ4n) is 1.06. The van der Waals surface area contributed by atoms with Crippen molar-refractivity contribution >= 4 is 23.2 Å². The standard InChI is InChI=1S/C10H12ClFN2O2/c11-8-5-7(1-2-9(8)12)14-10(16)6-13-3-4-15/h1-2,5,13,15H,3-4,6H2,(H,14,16). The number of carbonyl (C=O) groups is 1. The summed E-state index contributed by atoms with van der Waals surface area (Å²) < 4.78 is 12.8. The van der Waals surface area contributed by atoms with Gasteiger partial charge in [-0.05, 0) is 18.2 Å². The molecule has 88 valence electrons. The molecule has 0 saturated heterocycles. The van der Waals surface area contributed by atoms with Gasteiger partial charge < -0.3 is 15.7 Å². The molecule has 4 nitrogen and oxygen atoms in total. The highest BCUT2D eigenvalue weighted by molar-refractivity contribution is 6.31. The predicted molar refractivity (Wildman–Crippen MR) is 60.0 cm³/mol. The molecule has 0 heterocycles. The molecule has 1 aromatic carbocycles. The second kappa shape index (κ2) is 6.42. The average Bonchev–Trinajstić information content (AvgIpc) is 2.24. The lowest BCUT2D eigenvalue weighted by molar-refractivity contribution is -0.115. The van der Waals surface area contributed by atoms with Crippen LogP contribution in [0, 0.1) is 5.82 Å². The zero-order valence-corrected chi connectivity index (χ0v) is 9.22. The lowest BCUT2D eigenvalue weighted by Crippen LogP contribution is -2.29. The van der Waals surface area contributed by atoms with Crippen molar-refractivity contribution < 1.29 is 14.3 Å². The van der Waals surface area contributed by atoms with Crippen molar-refractivity contribution in [2.45, 2.75) is 0 Å². The highest BCUT2D eigenvalue weighted by atomic mass is 35.5. The quantitative estimate of drug-likeness (QED) is 0.680. The first-order valence-corrected chi connectivity index (χ1v) is 5.07. The van der Waals surface area contributed by atoms with Crippen LogP contribution in [-0.4, -0.2) is 30.7 Å². The van der Waals surface area contributed by atoms with Gasteiger partial charge >= 0.3 is 0 Å². The summed E-state index contributed by atoms with van der Waals surface area (Å²) in [5, 5.41) is 13.7. The molecule has 1 aromatic rings. The van der Waals surface area contributed by atoms with Crippen molar-refractivity contribution in [3.63, 3.8) is 0 Å². The molecule has 0 aliphatic rings. The third-order valence-electron chi connectivity index (χ3n) is 1.78. The van der Waals surface area contributed by atoms with E-state index < -0.39 is 5.82 Å². The summed E-state index contributed by atoms with van der Waals surface area (Å²) in [6, 6.07) is 3.94. The van der Waals surface area contributed by atoms with Crippen LogP contribution in [0.3, 0.4) is 0 Å². The number of rotatable bonds is 5. The Labute approximate surface area is 97.4 Å². The summed E-state index contributed by atoms with van der Waals surface area (Å²) in [7, 11) is 0. The molecule has 0 aliphatic heterocycles. The molecule has 0 atom stereocenters. The van der Waals surface area contributed by atoms with Crippen molar-refractivity contribution in [1.29, 1.82) is 0 Å². The fraction of sp³-hybridized carbons (Fsp3) is 0.300. The molecular weight excluding hydrogens is 235 g/mol. The number of carbonyl (C=O) groups excluding carboxylic acids is 1. The number of hydrogen-bond acceptors (Lipinski definition) is 3. The lowest BCUT2D eigenvalue weighted by Gasteiger charge is -2.06. The van der Waals surface area contributed by atoms with Gasteiger partial charge in [0.2, 0.25) is 5.91 Å². The minimum Gasteiger partial charge on any atom is -0.395 e. The Morgan fingerprint density at radius 2 is 2.25 bits per heavy atom. The van der Waals surface area contributed by atoms with Crippen molar-refractivity contribution in [1.82, 2.24) is 5.32 Å². The van der Waals surface area contributed by atoms with Gasteiger partial charge in [0.1, 0.15) is 5.82 Å². The predicted octanol–water partition coefficient (Wildman–Crippen LogP) is 0.999. The van der Waals surface area contributed by atoms with E-state index in [2.05, 4.69) is 10.6 Å². The first kappa shape index (κ1) is 12.9. The topological polar surface area (TPSA) is 61.4 Å². The molecular formula is C10H12ClFN2O2. The van der Waals surface area contributed by atoms with E-state index in [-0.39, 0.29) is 24.1 Å². The van der Waals surface area contributed by atoms with Gasteiger partial charge in [-0.15, -0.1) is 0 Å².